The summed E-state index contributed by atoms with van der Waals surface area (Å²) in [6.45, 7) is 5.91. The average molecular weight is 290 g/mol. The average Bonchev–Trinajstić information content (AvgIpc) is 2.47. The first-order chi connectivity index (χ1) is 10.1. The van der Waals surface area contributed by atoms with Crippen molar-refractivity contribution >= 4 is 5.91 Å². The third-order valence-corrected chi connectivity index (χ3v) is 3.93. The van der Waals surface area contributed by atoms with E-state index >= 15 is 0 Å². The molecule has 1 amide bonds. The Hall–Kier alpha value is -1.55. The van der Waals surface area contributed by atoms with Gasteiger partial charge in [-0.25, -0.2) is 0 Å². The minimum Gasteiger partial charge on any atom is -0.497 e. The fourth-order valence-corrected chi connectivity index (χ4v) is 2.92. The molecule has 1 fully saturated rings. The van der Waals surface area contributed by atoms with Crippen molar-refractivity contribution in [3.8, 4) is 5.75 Å². The fraction of sp³-hybridized carbons (Fsp3) is 0.588. The van der Waals surface area contributed by atoms with Crippen LogP contribution in [0.5, 0.6) is 5.75 Å². The van der Waals surface area contributed by atoms with Crippen molar-refractivity contribution in [2.45, 2.75) is 45.2 Å². The summed E-state index contributed by atoms with van der Waals surface area (Å²) in [6, 6.07) is 8.85. The molecule has 1 aromatic rings. The number of amides is 1. The zero-order valence-corrected chi connectivity index (χ0v) is 13.3. The summed E-state index contributed by atoms with van der Waals surface area (Å²) in [5, 5.41) is 3.45. The van der Waals surface area contributed by atoms with E-state index in [1.165, 1.54) is 5.56 Å². The number of carbonyl (C=O) groups is 1. The van der Waals surface area contributed by atoms with Crippen LogP contribution < -0.4 is 10.1 Å². The lowest BCUT2D eigenvalue weighted by molar-refractivity contribution is -0.133. The Morgan fingerprint density at radius 1 is 1.24 bits per heavy atom. The number of hydrogen-bond acceptors (Lipinski definition) is 3. The van der Waals surface area contributed by atoms with Crippen LogP contribution in [0.1, 0.15) is 32.3 Å². The van der Waals surface area contributed by atoms with Crippen molar-refractivity contribution in [3.63, 3.8) is 0 Å². The summed E-state index contributed by atoms with van der Waals surface area (Å²) >= 11 is 0. The zero-order valence-electron chi connectivity index (χ0n) is 13.3. The van der Waals surface area contributed by atoms with Gasteiger partial charge in [-0.2, -0.15) is 0 Å². The smallest absolute Gasteiger partial charge is 0.222 e. The maximum atomic E-state index is 12.3. The first-order valence-electron chi connectivity index (χ1n) is 7.75. The highest BCUT2D eigenvalue weighted by Crippen LogP contribution is 2.14. The van der Waals surface area contributed by atoms with Crippen molar-refractivity contribution in [2.75, 3.05) is 20.2 Å². The van der Waals surface area contributed by atoms with Gasteiger partial charge in [0.15, 0.2) is 0 Å². The molecule has 0 unspecified atom stereocenters. The quantitative estimate of drug-likeness (QED) is 0.904. The highest BCUT2D eigenvalue weighted by atomic mass is 16.5. The van der Waals surface area contributed by atoms with Crippen LogP contribution in [0.4, 0.5) is 0 Å². The second kappa shape index (κ2) is 7.46. The van der Waals surface area contributed by atoms with Gasteiger partial charge < -0.3 is 15.0 Å². The maximum absolute atomic E-state index is 12.3. The molecule has 1 heterocycles. The van der Waals surface area contributed by atoms with Crippen LogP contribution >= 0.6 is 0 Å². The van der Waals surface area contributed by atoms with Crippen LogP contribution in [0.25, 0.3) is 0 Å². The molecule has 21 heavy (non-hydrogen) atoms. The molecule has 116 valence electrons. The van der Waals surface area contributed by atoms with Crippen LogP contribution in [0.15, 0.2) is 24.3 Å². The number of carbonyl (C=O) groups excluding carboxylic acids is 1. The molecule has 0 saturated carbocycles. The second-order valence-electron chi connectivity index (χ2n) is 5.97. The van der Waals surface area contributed by atoms with E-state index in [0.717, 1.165) is 31.7 Å². The third kappa shape index (κ3) is 4.74. The molecule has 0 bridgehead atoms. The van der Waals surface area contributed by atoms with Gasteiger partial charge in [0.2, 0.25) is 5.91 Å². The second-order valence-corrected chi connectivity index (χ2v) is 5.97. The van der Waals surface area contributed by atoms with E-state index < -0.39 is 0 Å². The minimum atomic E-state index is 0.281. The molecule has 4 nitrogen and oxygen atoms in total. The molecule has 0 aromatic heterocycles. The van der Waals surface area contributed by atoms with E-state index in [1.807, 2.05) is 17.0 Å². The molecule has 2 rings (SSSR count). The Kier molecular flexibility index (Phi) is 5.62. The lowest BCUT2D eigenvalue weighted by atomic mass is 10.1. The zero-order chi connectivity index (χ0) is 15.2. The van der Waals surface area contributed by atoms with E-state index in [4.69, 9.17) is 4.74 Å². The van der Waals surface area contributed by atoms with Crippen molar-refractivity contribution in [2.24, 2.45) is 0 Å². The highest BCUT2D eigenvalue weighted by Gasteiger charge is 2.24. The van der Waals surface area contributed by atoms with Crippen molar-refractivity contribution in [1.29, 1.82) is 0 Å². The van der Waals surface area contributed by atoms with Gasteiger partial charge in [0.1, 0.15) is 5.75 Å². The molecule has 1 aliphatic rings. The van der Waals surface area contributed by atoms with Crippen molar-refractivity contribution in [1.82, 2.24) is 10.2 Å². The summed E-state index contributed by atoms with van der Waals surface area (Å²) in [5.74, 6) is 1.15. The first-order valence-corrected chi connectivity index (χ1v) is 7.75. The number of aryl methyl sites for hydroxylation is 1. The van der Waals surface area contributed by atoms with Gasteiger partial charge >= 0.3 is 0 Å². The van der Waals surface area contributed by atoms with E-state index in [2.05, 4.69) is 31.3 Å². The Morgan fingerprint density at radius 2 is 1.86 bits per heavy atom. The molecule has 1 aromatic carbocycles. The molecule has 2 atom stereocenters. The molecule has 1 saturated heterocycles. The molecule has 0 radical (unpaired) electrons. The van der Waals surface area contributed by atoms with Gasteiger partial charge in [-0.15, -0.1) is 0 Å². The Balaban J connectivity index is 1.75. The minimum absolute atomic E-state index is 0.281. The Bertz CT molecular complexity index is 448. The van der Waals surface area contributed by atoms with E-state index in [1.54, 1.807) is 7.11 Å². The molecule has 1 aliphatic heterocycles. The number of methoxy groups -OCH3 is 1. The van der Waals surface area contributed by atoms with Crippen LogP contribution in [0.2, 0.25) is 0 Å². The standard InChI is InChI=1S/C17H26N2O2/c1-13-11-19(12-14(2)18-13)17(20)6-4-5-15-7-9-16(21-3)10-8-15/h7-10,13-14,18H,4-6,11-12H2,1-3H3/t13-,14+. The predicted octanol–water partition coefficient (Wildman–Crippen LogP) is 2.23. The number of nitrogens with one attached hydrogen (secondary N) is 1. The highest BCUT2D eigenvalue weighted by molar-refractivity contribution is 5.76. The van der Waals surface area contributed by atoms with Gasteiger partial charge in [-0.05, 0) is 44.4 Å². The van der Waals surface area contributed by atoms with Gasteiger partial charge in [-0.3, -0.25) is 4.79 Å². The summed E-state index contributed by atoms with van der Waals surface area (Å²) < 4.78 is 5.14. The molecule has 0 spiro atoms. The van der Waals surface area contributed by atoms with Gasteiger partial charge in [0.05, 0.1) is 7.11 Å². The number of nitrogens with zero attached hydrogens (tertiary/aromatic N) is 1. The van der Waals surface area contributed by atoms with Crippen LogP contribution in [0.3, 0.4) is 0 Å². The van der Waals surface area contributed by atoms with Gasteiger partial charge in [0, 0.05) is 31.6 Å². The lowest BCUT2D eigenvalue weighted by Gasteiger charge is -2.36. The van der Waals surface area contributed by atoms with Crippen LogP contribution in [0, 0.1) is 0 Å². The molecular formula is C17H26N2O2. The topological polar surface area (TPSA) is 41.6 Å². The van der Waals surface area contributed by atoms with Crippen LogP contribution in [-0.2, 0) is 11.2 Å². The Morgan fingerprint density at radius 3 is 2.43 bits per heavy atom. The fourth-order valence-electron chi connectivity index (χ4n) is 2.92. The largest absolute Gasteiger partial charge is 0.497 e. The summed E-state index contributed by atoms with van der Waals surface area (Å²) in [5.41, 5.74) is 1.26. The van der Waals surface area contributed by atoms with Crippen molar-refractivity contribution < 1.29 is 9.53 Å². The van der Waals surface area contributed by atoms with E-state index in [0.29, 0.717) is 18.5 Å². The first kappa shape index (κ1) is 15.8. The number of piperazine rings is 1. The number of ether oxygens (including phenoxy) is 1. The third-order valence-electron chi connectivity index (χ3n) is 3.93. The Labute approximate surface area is 127 Å². The predicted molar refractivity (Wildman–Crippen MR) is 84.6 cm³/mol. The van der Waals surface area contributed by atoms with Crippen LogP contribution in [-0.4, -0.2) is 43.1 Å². The van der Waals surface area contributed by atoms with Gasteiger partial charge in [0.25, 0.3) is 0 Å². The number of benzene rings is 1. The molecular weight excluding hydrogens is 264 g/mol. The van der Waals surface area contributed by atoms with E-state index in [-0.39, 0.29) is 5.91 Å². The normalized spacial score (nSPS) is 22.1. The molecule has 1 N–H and O–H groups in total. The number of hydrogen-bond donors (Lipinski definition) is 1. The lowest BCUT2D eigenvalue weighted by Crippen LogP contribution is -2.55. The monoisotopic (exact) mass is 290 g/mol. The van der Waals surface area contributed by atoms with Gasteiger partial charge in [-0.1, -0.05) is 12.1 Å². The summed E-state index contributed by atoms with van der Waals surface area (Å²) in [6.07, 6.45) is 2.47. The SMILES string of the molecule is COc1ccc(CCCC(=O)N2C[C@@H](C)N[C@@H](C)C2)cc1. The van der Waals surface area contributed by atoms with Crippen molar-refractivity contribution in [3.05, 3.63) is 29.8 Å². The molecule has 0 aliphatic carbocycles. The van der Waals surface area contributed by atoms with E-state index in [9.17, 15) is 4.79 Å². The summed E-state index contributed by atoms with van der Waals surface area (Å²) in [4.78, 5) is 14.3. The number of rotatable bonds is 5. The molecule has 4 heteroatoms. The maximum Gasteiger partial charge on any atom is 0.222 e. The summed E-state index contributed by atoms with van der Waals surface area (Å²) in [7, 11) is 1.67.